The van der Waals surface area contributed by atoms with Crippen molar-refractivity contribution in [2.45, 2.75) is 25.4 Å². The molecule has 0 aliphatic heterocycles. The molecule has 0 aromatic rings. The van der Waals surface area contributed by atoms with Crippen molar-refractivity contribution in [1.29, 1.82) is 0 Å². The number of thiol groups is 1. The Bertz CT molecular complexity index is 59.0. The van der Waals surface area contributed by atoms with Crippen LogP contribution in [-0.2, 0) is 0 Å². The van der Waals surface area contributed by atoms with Crippen molar-refractivity contribution in [3.8, 4) is 0 Å². The lowest BCUT2D eigenvalue weighted by molar-refractivity contribution is 0.0865. The second-order valence-electron chi connectivity index (χ2n) is 2.06. The minimum Gasteiger partial charge on any atom is -0.394 e. The highest BCUT2D eigenvalue weighted by molar-refractivity contribution is 7.80. The van der Waals surface area contributed by atoms with Gasteiger partial charge in [-0.15, -0.1) is 0 Å². The molecule has 0 aliphatic carbocycles. The first-order valence-electron chi connectivity index (χ1n) is 3.21. The summed E-state index contributed by atoms with van der Waals surface area (Å²) in [4.78, 5) is 0. The largest absolute Gasteiger partial charge is 0.394 e. The van der Waals surface area contributed by atoms with Crippen LogP contribution in [0.25, 0.3) is 0 Å². The van der Waals surface area contributed by atoms with E-state index in [1.807, 2.05) is 0 Å². The number of rotatable bonds is 5. The van der Waals surface area contributed by atoms with Crippen molar-refractivity contribution in [1.82, 2.24) is 0 Å². The summed E-state index contributed by atoms with van der Waals surface area (Å²) in [6, 6.07) is 0. The Labute approximate surface area is 61.3 Å². The van der Waals surface area contributed by atoms with Crippen LogP contribution in [0, 0.1) is 0 Å². The van der Waals surface area contributed by atoms with E-state index in [1.165, 1.54) is 0 Å². The summed E-state index contributed by atoms with van der Waals surface area (Å²) >= 11 is 4.01. The van der Waals surface area contributed by atoms with Crippen LogP contribution < -0.4 is 0 Å². The molecule has 9 heavy (non-hydrogen) atoms. The molecular weight excluding hydrogens is 136 g/mol. The first-order valence-corrected chi connectivity index (χ1v) is 3.84. The Kier molecular flexibility index (Phi) is 6.58. The van der Waals surface area contributed by atoms with Crippen LogP contribution in [0.15, 0.2) is 0 Å². The quantitative estimate of drug-likeness (QED) is 0.393. The van der Waals surface area contributed by atoms with Gasteiger partial charge in [0, 0.05) is 0 Å². The molecule has 56 valence electrons. The van der Waals surface area contributed by atoms with Crippen molar-refractivity contribution in [2.75, 3.05) is 12.4 Å². The van der Waals surface area contributed by atoms with Gasteiger partial charge in [-0.25, -0.2) is 0 Å². The van der Waals surface area contributed by atoms with Gasteiger partial charge in [-0.05, 0) is 25.0 Å². The van der Waals surface area contributed by atoms with Crippen LogP contribution in [0.3, 0.4) is 0 Å². The highest BCUT2D eigenvalue weighted by Gasteiger charge is 1.98. The zero-order valence-corrected chi connectivity index (χ0v) is 6.35. The standard InChI is InChI=1S/C6H14O2S/c7-5-6(8)3-1-2-4-9/h6-9H,1-5H2. The van der Waals surface area contributed by atoms with Crippen molar-refractivity contribution in [2.24, 2.45) is 0 Å². The molecule has 1 unspecified atom stereocenters. The summed E-state index contributed by atoms with van der Waals surface area (Å²) in [5, 5.41) is 17.2. The maximum atomic E-state index is 8.81. The second-order valence-corrected chi connectivity index (χ2v) is 2.50. The molecule has 2 nitrogen and oxygen atoms in total. The predicted octanol–water partition coefficient (Wildman–Crippen LogP) is 0.440. The molecule has 0 spiro atoms. The SMILES string of the molecule is OCC(O)CCCCS. The number of hydrogen-bond donors (Lipinski definition) is 3. The fourth-order valence-corrected chi connectivity index (χ4v) is 0.807. The lowest BCUT2D eigenvalue weighted by Crippen LogP contribution is -2.11. The maximum Gasteiger partial charge on any atom is 0.0770 e. The normalized spacial score (nSPS) is 13.7. The Morgan fingerprint density at radius 3 is 2.44 bits per heavy atom. The van der Waals surface area contributed by atoms with E-state index in [0.717, 1.165) is 18.6 Å². The molecule has 0 aromatic carbocycles. The number of unbranched alkanes of at least 4 members (excludes halogenated alkanes) is 1. The molecule has 3 heteroatoms. The Morgan fingerprint density at radius 1 is 1.33 bits per heavy atom. The molecular formula is C6H14O2S. The fraction of sp³-hybridized carbons (Fsp3) is 1.00. The van der Waals surface area contributed by atoms with E-state index in [4.69, 9.17) is 10.2 Å². The summed E-state index contributed by atoms with van der Waals surface area (Å²) in [6.45, 7) is -0.118. The van der Waals surface area contributed by atoms with Gasteiger partial charge in [0.1, 0.15) is 0 Å². The molecule has 0 aromatic heterocycles. The van der Waals surface area contributed by atoms with E-state index in [2.05, 4.69) is 12.6 Å². The van der Waals surface area contributed by atoms with Gasteiger partial charge in [0.25, 0.3) is 0 Å². The molecule has 0 saturated carbocycles. The van der Waals surface area contributed by atoms with Gasteiger partial charge in [-0.1, -0.05) is 0 Å². The highest BCUT2D eigenvalue weighted by atomic mass is 32.1. The van der Waals surface area contributed by atoms with Crippen LogP contribution in [-0.4, -0.2) is 28.7 Å². The lowest BCUT2D eigenvalue weighted by Gasteiger charge is -2.03. The first-order chi connectivity index (χ1) is 4.31. The fourth-order valence-electron chi connectivity index (χ4n) is 0.583. The molecule has 1 atom stereocenters. The minimum atomic E-state index is -0.523. The van der Waals surface area contributed by atoms with Gasteiger partial charge >= 0.3 is 0 Å². The molecule has 0 rings (SSSR count). The average molecular weight is 150 g/mol. The average Bonchev–Trinajstić information content (AvgIpc) is 1.89. The van der Waals surface area contributed by atoms with Gasteiger partial charge < -0.3 is 10.2 Å². The molecule has 2 N–H and O–H groups in total. The monoisotopic (exact) mass is 150 g/mol. The van der Waals surface area contributed by atoms with Crippen LogP contribution >= 0.6 is 12.6 Å². The molecule has 0 bridgehead atoms. The van der Waals surface area contributed by atoms with E-state index < -0.39 is 6.10 Å². The van der Waals surface area contributed by atoms with E-state index >= 15 is 0 Å². The smallest absolute Gasteiger partial charge is 0.0770 e. The molecule has 0 fully saturated rings. The third kappa shape index (κ3) is 6.15. The summed E-state index contributed by atoms with van der Waals surface area (Å²) in [6.07, 6.45) is 2.13. The Morgan fingerprint density at radius 2 is 2.00 bits per heavy atom. The number of hydrogen-bond acceptors (Lipinski definition) is 3. The number of aliphatic hydroxyl groups is 2. The highest BCUT2D eigenvalue weighted by Crippen LogP contribution is 2.00. The van der Waals surface area contributed by atoms with Gasteiger partial charge in [0.05, 0.1) is 12.7 Å². The van der Waals surface area contributed by atoms with Crippen molar-refractivity contribution in [3.05, 3.63) is 0 Å². The van der Waals surface area contributed by atoms with E-state index in [0.29, 0.717) is 6.42 Å². The van der Waals surface area contributed by atoms with Crippen molar-refractivity contribution >= 4 is 12.6 Å². The maximum absolute atomic E-state index is 8.81. The molecule has 0 saturated heterocycles. The van der Waals surface area contributed by atoms with E-state index in [-0.39, 0.29) is 6.61 Å². The third-order valence-corrected chi connectivity index (χ3v) is 1.47. The van der Waals surface area contributed by atoms with Gasteiger partial charge in [-0.3, -0.25) is 0 Å². The van der Waals surface area contributed by atoms with Crippen LogP contribution in [0.1, 0.15) is 19.3 Å². The van der Waals surface area contributed by atoms with E-state index in [1.54, 1.807) is 0 Å². The van der Waals surface area contributed by atoms with E-state index in [9.17, 15) is 0 Å². The Hall–Kier alpha value is 0.270. The summed E-state index contributed by atoms with van der Waals surface area (Å²) in [7, 11) is 0. The van der Waals surface area contributed by atoms with Crippen LogP contribution in [0.2, 0.25) is 0 Å². The topological polar surface area (TPSA) is 40.5 Å². The predicted molar refractivity (Wildman–Crippen MR) is 40.8 cm³/mol. The first kappa shape index (κ1) is 9.27. The minimum absolute atomic E-state index is 0.118. The third-order valence-electron chi connectivity index (χ3n) is 1.16. The summed E-state index contributed by atoms with van der Waals surface area (Å²) in [5.41, 5.74) is 0. The lowest BCUT2D eigenvalue weighted by atomic mass is 10.2. The van der Waals surface area contributed by atoms with Crippen LogP contribution in [0.5, 0.6) is 0 Å². The molecule has 0 aliphatic rings. The van der Waals surface area contributed by atoms with Gasteiger partial charge in [0.2, 0.25) is 0 Å². The van der Waals surface area contributed by atoms with Gasteiger partial charge in [-0.2, -0.15) is 12.6 Å². The summed E-state index contributed by atoms with van der Waals surface area (Å²) < 4.78 is 0. The molecule has 0 heterocycles. The molecule has 0 radical (unpaired) electrons. The number of aliphatic hydroxyl groups excluding tert-OH is 2. The Balaban J connectivity index is 2.88. The van der Waals surface area contributed by atoms with Crippen molar-refractivity contribution in [3.63, 3.8) is 0 Å². The zero-order chi connectivity index (χ0) is 7.11. The van der Waals surface area contributed by atoms with Crippen molar-refractivity contribution < 1.29 is 10.2 Å². The van der Waals surface area contributed by atoms with Crippen LogP contribution in [0.4, 0.5) is 0 Å². The second kappa shape index (κ2) is 6.39. The molecule has 0 amide bonds. The zero-order valence-electron chi connectivity index (χ0n) is 5.45. The summed E-state index contributed by atoms with van der Waals surface area (Å²) in [5.74, 6) is 0.859. The van der Waals surface area contributed by atoms with Gasteiger partial charge in [0.15, 0.2) is 0 Å².